The second kappa shape index (κ2) is 41.2. The average Bonchev–Trinajstić information content (AvgIpc) is 1.48. The number of benzene rings is 10. The minimum absolute atomic E-state index is 0.198. The van der Waals surface area contributed by atoms with E-state index >= 15 is 9.59 Å². The summed E-state index contributed by atoms with van der Waals surface area (Å²) in [6, 6.07) is 54.9. The Labute approximate surface area is 747 Å². The van der Waals surface area contributed by atoms with E-state index in [2.05, 4.69) is 223 Å². The highest BCUT2D eigenvalue weighted by molar-refractivity contribution is 6.87. The van der Waals surface area contributed by atoms with Crippen molar-refractivity contribution < 1.29 is 56.8 Å². The van der Waals surface area contributed by atoms with Crippen LogP contribution in [0.1, 0.15) is 332 Å². The van der Waals surface area contributed by atoms with E-state index in [0.717, 1.165) is 135 Å². The molecule has 1 spiro atoms. The number of hydrogen-bond donors (Lipinski definition) is 0. The van der Waals surface area contributed by atoms with E-state index in [1.807, 2.05) is 72.8 Å². The van der Waals surface area contributed by atoms with Gasteiger partial charge >= 0.3 is 6.82 Å². The first-order valence-electron chi connectivity index (χ1n) is 47.7. The number of amides is 2. The molecule has 0 unspecified atom stereocenters. The molecule has 3 aliphatic rings. The summed E-state index contributed by atoms with van der Waals surface area (Å²) in [6.07, 6.45) is 13.1. The molecular formula is C110H140BN2O12-. The third-order valence-electron chi connectivity index (χ3n) is 25.2. The van der Waals surface area contributed by atoms with Crippen molar-refractivity contribution in [3.8, 4) is 79.4 Å². The molecule has 2 amide bonds. The van der Waals surface area contributed by atoms with Gasteiger partial charge in [0.15, 0.2) is 11.2 Å². The highest BCUT2D eigenvalue weighted by Gasteiger charge is 2.73. The molecular weight excluding hydrogens is 1550 g/mol. The largest absolute Gasteiger partial charge is 0.511 e. The molecule has 2 saturated heterocycles. The van der Waals surface area contributed by atoms with Crippen LogP contribution in [0.5, 0.6) is 46.0 Å². The predicted octanol–water partition coefficient (Wildman–Crippen LogP) is 29.2. The molecule has 125 heavy (non-hydrogen) atoms. The Morgan fingerprint density at radius 3 is 0.720 bits per heavy atom. The van der Waals surface area contributed by atoms with Crippen molar-refractivity contribution in [1.82, 2.24) is 0 Å². The maximum absolute atomic E-state index is 19.3. The number of anilines is 2. The summed E-state index contributed by atoms with van der Waals surface area (Å²) in [6.45, 7) is 43.8. The van der Waals surface area contributed by atoms with E-state index < -0.39 is 29.8 Å². The summed E-state index contributed by atoms with van der Waals surface area (Å²) in [5.41, 5.74) is 11.6. The van der Waals surface area contributed by atoms with Crippen molar-refractivity contribution in [2.24, 2.45) is 0 Å². The Bertz CT molecular complexity index is 4790. The van der Waals surface area contributed by atoms with Crippen molar-refractivity contribution in [3.63, 3.8) is 0 Å². The van der Waals surface area contributed by atoms with Crippen LogP contribution in [0.4, 0.5) is 11.4 Å². The summed E-state index contributed by atoms with van der Waals surface area (Å²) >= 11 is 0. The molecule has 0 radical (unpaired) electrons. The topological polar surface area (TPSA) is 133 Å². The number of unbranched alkanes of at least 4 members (excludes halogenated alkanes) is 8. The van der Waals surface area contributed by atoms with Gasteiger partial charge in [0.05, 0.1) is 52.9 Å². The fourth-order valence-corrected chi connectivity index (χ4v) is 18.1. The summed E-state index contributed by atoms with van der Waals surface area (Å²) in [5.74, 6) is 4.06. The molecule has 0 aromatic heterocycles. The van der Waals surface area contributed by atoms with E-state index in [1.54, 1.807) is 9.62 Å². The van der Waals surface area contributed by atoms with Crippen molar-refractivity contribution in [2.45, 2.75) is 288 Å². The number of rotatable bonds is 44. The van der Waals surface area contributed by atoms with Crippen LogP contribution in [0, 0.1) is 0 Å². The van der Waals surface area contributed by atoms with Crippen LogP contribution in [0.25, 0.3) is 54.9 Å². The van der Waals surface area contributed by atoms with Crippen LogP contribution in [0.2, 0.25) is 0 Å². The third-order valence-corrected chi connectivity index (χ3v) is 25.2. The zero-order valence-electron chi connectivity index (χ0n) is 78.8. The number of nitrogens with zero attached hydrogens (tertiary/aromatic N) is 2. The first-order valence-corrected chi connectivity index (χ1v) is 47.7. The molecule has 3 heterocycles. The molecule has 13 rings (SSSR count). The normalized spacial score (nSPS) is 14.4. The van der Waals surface area contributed by atoms with Crippen LogP contribution in [0.15, 0.2) is 158 Å². The minimum atomic E-state index is -3.91. The quantitative estimate of drug-likeness (QED) is 0.0266. The minimum Gasteiger partial charge on any atom is -0.511 e. The van der Waals surface area contributed by atoms with Crippen molar-refractivity contribution in [3.05, 3.63) is 213 Å². The maximum atomic E-state index is 19.3. The Hall–Kier alpha value is -9.96. The molecule has 10 aromatic carbocycles. The fourth-order valence-electron chi connectivity index (χ4n) is 18.1. The van der Waals surface area contributed by atoms with Crippen molar-refractivity contribution >= 4 is 51.6 Å². The van der Waals surface area contributed by atoms with Gasteiger partial charge < -0.3 is 56.8 Å². The lowest BCUT2D eigenvalue weighted by Crippen LogP contribution is -2.64. The van der Waals surface area contributed by atoms with E-state index in [4.69, 9.17) is 47.2 Å². The summed E-state index contributed by atoms with van der Waals surface area (Å²) in [7, 11) is 0. The van der Waals surface area contributed by atoms with Gasteiger partial charge in [-0.15, -0.1) is 0 Å². The molecule has 2 fully saturated rings. The summed E-state index contributed by atoms with van der Waals surface area (Å²) < 4.78 is 72.8. The van der Waals surface area contributed by atoms with Gasteiger partial charge in [-0.05, 0) is 237 Å². The number of ether oxygens (including phenoxy) is 8. The summed E-state index contributed by atoms with van der Waals surface area (Å²) in [4.78, 5) is 42.0. The van der Waals surface area contributed by atoms with Crippen LogP contribution in [-0.2, 0) is 30.1 Å². The van der Waals surface area contributed by atoms with E-state index in [9.17, 15) is 0 Å². The van der Waals surface area contributed by atoms with Crippen LogP contribution < -0.4 is 47.5 Å². The van der Waals surface area contributed by atoms with Crippen LogP contribution >= 0.6 is 0 Å². The van der Waals surface area contributed by atoms with Gasteiger partial charge in [-0.2, -0.15) is 0 Å². The highest BCUT2D eigenvalue weighted by atomic mass is 16.7. The van der Waals surface area contributed by atoms with Crippen molar-refractivity contribution in [2.75, 3.05) is 62.5 Å². The fraction of sp³-hybridized carbons (Fsp3) is 0.473. The van der Waals surface area contributed by atoms with Gasteiger partial charge in [-0.3, -0.25) is 9.59 Å². The lowest BCUT2D eigenvalue weighted by Gasteiger charge is -2.45. The van der Waals surface area contributed by atoms with Gasteiger partial charge in [0.2, 0.25) is 11.8 Å². The first kappa shape index (κ1) is 92.7. The average molecular weight is 1690 g/mol. The Morgan fingerprint density at radius 2 is 0.512 bits per heavy atom. The number of carbonyl (C=O) groups excluding carboxylic acids is 2. The SMILES string of the molecule is CCCCOc1cc(OCCCC)cc(C2(c3cc(OCCCC)cc(OCCCC)c3)O[B-]34OC(c5cc(OCCCC)cc(OCCCC)c5)(c5cc(OCCCC)cc(OCCCC)c5)C(=O)N3c3ccc5cc(-c6c(C(C)C)cc(C(C)C)cc6C(C)C)ccc5c3-c3c(ccc5cc(-c6c(C(C)C)cc(C(C)C)cc6C(C)C)ccc35)N4C2=O)c1. The van der Waals surface area contributed by atoms with Gasteiger partial charge in [0.1, 0.15) is 46.0 Å². The molecule has 0 N–H and O–H groups in total. The number of carbonyl (C=O) groups is 2. The molecule has 0 saturated carbocycles. The second-order valence-corrected chi connectivity index (χ2v) is 36.8. The highest BCUT2D eigenvalue weighted by Crippen LogP contribution is 2.64. The van der Waals surface area contributed by atoms with Crippen molar-refractivity contribution in [1.29, 1.82) is 0 Å². The molecule has 15 heteroatoms. The van der Waals surface area contributed by atoms with Gasteiger partial charge in [-0.25, -0.2) is 0 Å². The Morgan fingerprint density at radius 1 is 0.280 bits per heavy atom. The number of fused-ring (bicyclic) bond motifs is 9. The van der Waals surface area contributed by atoms with Crippen LogP contribution in [0.3, 0.4) is 0 Å². The van der Waals surface area contributed by atoms with E-state index in [1.165, 1.54) is 44.5 Å². The van der Waals surface area contributed by atoms with Gasteiger partial charge in [0, 0.05) is 69.0 Å². The molecule has 3 aliphatic heterocycles. The van der Waals surface area contributed by atoms with Crippen LogP contribution in [-0.4, -0.2) is 71.5 Å². The number of hydrogen-bond acceptors (Lipinski definition) is 12. The lowest BCUT2D eigenvalue weighted by molar-refractivity contribution is -0.127. The predicted molar refractivity (Wildman–Crippen MR) is 516 cm³/mol. The molecule has 0 aliphatic carbocycles. The zero-order chi connectivity index (χ0) is 89.0. The Kier molecular flexibility index (Phi) is 30.6. The van der Waals surface area contributed by atoms with E-state index in [0.29, 0.717) is 155 Å². The van der Waals surface area contributed by atoms with E-state index in [-0.39, 0.29) is 23.7 Å². The monoisotopic (exact) mass is 1690 g/mol. The summed E-state index contributed by atoms with van der Waals surface area (Å²) in [5, 5.41) is 3.55. The smallest absolute Gasteiger partial charge is 0.472 e. The second-order valence-electron chi connectivity index (χ2n) is 36.8. The van der Waals surface area contributed by atoms with Gasteiger partial charge in [-0.1, -0.05) is 251 Å². The molecule has 666 valence electrons. The Balaban J connectivity index is 1.25. The molecule has 0 bridgehead atoms. The first-order chi connectivity index (χ1) is 60.4. The molecule has 0 atom stereocenters. The maximum Gasteiger partial charge on any atom is 0.472 e. The third kappa shape index (κ3) is 19.1. The molecule has 14 nitrogen and oxygen atoms in total. The molecule has 10 aromatic rings. The zero-order valence-corrected chi connectivity index (χ0v) is 78.8. The standard InChI is InChI=1S/C110H140BN2O12/c1-21-29-45-116-87-59-83(60-88(67-87)117-46-30-22-2)109(84-61-89(118-47-31-23-3)68-90(62-84)119-48-32-24-4)107(114)112-101-43-39-77-53-79(103-97(73(13)14)55-81(71(9)10)56-98(103)74(15)16)37-41-95(77)105(101)106-96-42-38-80(104-99(75(17)18)57-82(72(11)12)58-100(104)76(19)20)54-78(96)40-44-102(106)113-108(115)110(125-111(112,113)124-109,85-63-91(120-49-33-25-5)69-92(64-85)121-50-34-26-6)86-65-93(122-51-35-27-7)70-94(66-86)123-52-36-28-8/h37-44,53-76H,21-36,45-52H2,1-20H3/q-1. The van der Waals surface area contributed by atoms with Gasteiger partial charge in [0.25, 0.3) is 0 Å². The lowest BCUT2D eigenvalue weighted by atomic mass is 9.80.